The van der Waals surface area contributed by atoms with Crippen molar-refractivity contribution < 1.29 is 4.74 Å². The van der Waals surface area contributed by atoms with E-state index < -0.39 is 0 Å². The van der Waals surface area contributed by atoms with E-state index in [0.717, 1.165) is 12.2 Å². The molecule has 0 radical (unpaired) electrons. The summed E-state index contributed by atoms with van der Waals surface area (Å²) in [5, 5.41) is 0. The molecule has 1 aliphatic rings. The average molecular weight is 242 g/mol. The molecule has 2 nitrogen and oxygen atoms in total. The molecule has 0 heterocycles. The van der Waals surface area contributed by atoms with Crippen molar-refractivity contribution in [2.45, 2.75) is 38.2 Å². The van der Waals surface area contributed by atoms with Crippen molar-refractivity contribution in [3.05, 3.63) is 29.8 Å². The maximum absolute atomic E-state index is 5.92. The standard InChI is InChI=1S/C13H19NO.ClH/c14-9-8-11-4-3-7-13(10-11)15-12-5-1-2-6-12;/h3-4,7,10,12H,1-2,5-6,8-9,14H2;1H. The van der Waals surface area contributed by atoms with Crippen LogP contribution < -0.4 is 10.5 Å². The van der Waals surface area contributed by atoms with Gasteiger partial charge in [0.1, 0.15) is 5.75 Å². The minimum atomic E-state index is 0. The summed E-state index contributed by atoms with van der Waals surface area (Å²) in [5.74, 6) is 1.01. The Labute approximate surface area is 104 Å². The number of nitrogens with two attached hydrogens (primary N) is 1. The Morgan fingerprint density at radius 3 is 2.69 bits per heavy atom. The lowest BCUT2D eigenvalue weighted by atomic mass is 10.1. The molecular formula is C13H20ClNO. The van der Waals surface area contributed by atoms with Gasteiger partial charge in [-0.15, -0.1) is 12.4 Å². The van der Waals surface area contributed by atoms with E-state index in [1.807, 2.05) is 6.07 Å². The van der Waals surface area contributed by atoms with Crippen LogP contribution in [0.4, 0.5) is 0 Å². The molecule has 1 aromatic carbocycles. The SMILES string of the molecule is Cl.NCCc1cccc(OC2CCCC2)c1. The number of ether oxygens (including phenoxy) is 1. The van der Waals surface area contributed by atoms with Crippen LogP contribution in [0.1, 0.15) is 31.2 Å². The molecule has 0 saturated heterocycles. The van der Waals surface area contributed by atoms with Crippen molar-refractivity contribution in [1.82, 2.24) is 0 Å². The second-order valence-electron chi connectivity index (χ2n) is 4.21. The highest BCUT2D eigenvalue weighted by Gasteiger charge is 2.16. The van der Waals surface area contributed by atoms with Crippen LogP contribution in [-0.4, -0.2) is 12.6 Å². The lowest BCUT2D eigenvalue weighted by Gasteiger charge is -2.13. The van der Waals surface area contributed by atoms with Gasteiger partial charge in [-0.1, -0.05) is 12.1 Å². The highest BCUT2D eigenvalue weighted by atomic mass is 35.5. The summed E-state index contributed by atoms with van der Waals surface area (Å²) in [7, 11) is 0. The van der Waals surface area contributed by atoms with Crippen LogP contribution in [0.15, 0.2) is 24.3 Å². The molecule has 1 saturated carbocycles. The van der Waals surface area contributed by atoms with E-state index in [4.69, 9.17) is 10.5 Å². The summed E-state index contributed by atoms with van der Waals surface area (Å²) in [6, 6.07) is 8.31. The molecular weight excluding hydrogens is 222 g/mol. The Morgan fingerprint density at radius 1 is 1.25 bits per heavy atom. The maximum Gasteiger partial charge on any atom is 0.119 e. The molecule has 0 aromatic heterocycles. The highest BCUT2D eigenvalue weighted by Crippen LogP contribution is 2.24. The molecule has 1 aromatic rings. The Morgan fingerprint density at radius 2 is 2.00 bits per heavy atom. The first-order valence-electron chi connectivity index (χ1n) is 5.84. The molecule has 90 valence electrons. The van der Waals surface area contributed by atoms with Crippen LogP contribution in [-0.2, 0) is 6.42 Å². The van der Waals surface area contributed by atoms with Crippen LogP contribution in [0.5, 0.6) is 5.75 Å². The predicted molar refractivity (Wildman–Crippen MR) is 69.3 cm³/mol. The molecule has 3 heteroatoms. The molecule has 0 unspecified atom stereocenters. The second kappa shape index (κ2) is 6.77. The quantitative estimate of drug-likeness (QED) is 0.880. The van der Waals surface area contributed by atoms with Gasteiger partial charge in [-0.05, 0) is 56.3 Å². The minimum Gasteiger partial charge on any atom is -0.490 e. The van der Waals surface area contributed by atoms with Gasteiger partial charge in [-0.2, -0.15) is 0 Å². The van der Waals surface area contributed by atoms with Crippen LogP contribution >= 0.6 is 12.4 Å². The van der Waals surface area contributed by atoms with Gasteiger partial charge in [-0.25, -0.2) is 0 Å². The smallest absolute Gasteiger partial charge is 0.119 e. The Balaban J connectivity index is 0.00000128. The van der Waals surface area contributed by atoms with Crippen LogP contribution in [0.3, 0.4) is 0 Å². The molecule has 0 amide bonds. The largest absolute Gasteiger partial charge is 0.490 e. The summed E-state index contributed by atoms with van der Waals surface area (Å²) in [6.45, 7) is 0.701. The van der Waals surface area contributed by atoms with Crippen molar-refractivity contribution in [3.63, 3.8) is 0 Å². The fourth-order valence-corrected chi connectivity index (χ4v) is 2.14. The average Bonchev–Trinajstić information content (AvgIpc) is 2.71. The molecule has 2 rings (SSSR count). The molecule has 1 aliphatic carbocycles. The van der Waals surface area contributed by atoms with Gasteiger partial charge in [-0.3, -0.25) is 0 Å². The third-order valence-electron chi connectivity index (χ3n) is 2.94. The Kier molecular flexibility index (Phi) is 5.64. The zero-order valence-corrected chi connectivity index (χ0v) is 10.3. The third kappa shape index (κ3) is 3.69. The van der Waals surface area contributed by atoms with Gasteiger partial charge >= 0.3 is 0 Å². The lowest BCUT2D eigenvalue weighted by Crippen LogP contribution is -2.11. The topological polar surface area (TPSA) is 35.2 Å². The normalized spacial score (nSPS) is 15.8. The lowest BCUT2D eigenvalue weighted by molar-refractivity contribution is 0.210. The first kappa shape index (κ1) is 13.3. The first-order valence-corrected chi connectivity index (χ1v) is 5.84. The maximum atomic E-state index is 5.92. The minimum absolute atomic E-state index is 0. The van der Waals surface area contributed by atoms with Crippen molar-refractivity contribution in [1.29, 1.82) is 0 Å². The van der Waals surface area contributed by atoms with Gasteiger partial charge in [0.15, 0.2) is 0 Å². The van der Waals surface area contributed by atoms with Gasteiger partial charge in [0.25, 0.3) is 0 Å². The van der Waals surface area contributed by atoms with E-state index in [1.54, 1.807) is 0 Å². The number of hydrogen-bond donors (Lipinski definition) is 1. The Bertz CT molecular complexity index is 311. The van der Waals surface area contributed by atoms with Crippen molar-refractivity contribution >= 4 is 12.4 Å². The molecule has 0 bridgehead atoms. The van der Waals surface area contributed by atoms with Gasteiger partial charge < -0.3 is 10.5 Å². The summed E-state index contributed by atoms with van der Waals surface area (Å²) < 4.78 is 5.92. The van der Waals surface area contributed by atoms with Gasteiger partial charge in [0.05, 0.1) is 6.10 Å². The van der Waals surface area contributed by atoms with E-state index in [-0.39, 0.29) is 12.4 Å². The number of rotatable bonds is 4. The van der Waals surface area contributed by atoms with E-state index in [0.29, 0.717) is 12.6 Å². The second-order valence-corrected chi connectivity index (χ2v) is 4.21. The van der Waals surface area contributed by atoms with Gasteiger partial charge in [0, 0.05) is 0 Å². The predicted octanol–water partition coefficient (Wildman–Crippen LogP) is 2.93. The van der Waals surface area contributed by atoms with Crippen LogP contribution in [0, 0.1) is 0 Å². The van der Waals surface area contributed by atoms with E-state index >= 15 is 0 Å². The third-order valence-corrected chi connectivity index (χ3v) is 2.94. The Hall–Kier alpha value is -0.730. The monoisotopic (exact) mass is 241 g/mol. The van der Waals surface area contributed by atoms with Crippen LogP contribution in [0.25, 0.3) is 0 Å². The van der Waals surface area contributed by atoms with Crippen molar-refractivity contribution in [2.24, 2.45) is 5.73 Å². The van der Waals surface area contributed by atoms with Crippen molar-refractivity contribution in [3.8, 4) is 5.75 Å². The van der Waals surface area contributed by atoms with E-state index in [2.05, 4.69) is 18.2 Å². The van der Waals surface area contributed by atoms with Gasteiger partial charge in [0.2, 0.25) is 0 Å². The summed E-state index contributed by atoms with van der Waals surface area (Å²) in [5.41, 5.74) is 6.80. The zero-order chi connectivity index (χ0) is 10.5. The summed E-state index contributed by atoms with van der Waals surface area (Å²) >= 11 is 0. The molecule has 0 aliphatic heterocycles. The van der Waals surface area contributed by atoms with E-state index in [9.17, 15) is 0 Å². The number of benzene rings is 1. The fraction of sp³-hybridized carbons (Fsp3) is 0.538. The summed E-state index contributed by atoms with van der Waals surface area (Å²) in [4.78, 5) is 0. The number of halogens is 1. The van der Waals surface area contributed by atoms with Crippen molar-refractivity contribution in [2.75, 3.05) is 6.54 Å². The highest BCUT2D eigenvalue weighted by molar-refractivity contribution is 5.85. The molecule has 0 atom stereocenters. The van der Waals surface area contributed by atoms with E-state index in [1.165, 1.54) is 31.2 Å². The summed E-state index contributed by atoms with van der Waals surface area (Å²) in [6.07, 6.45) is 6.42. The first-order chi connectivity index (χ1) is 7.38. The fourth-order valence-electron chi connectivity index (χ4n) is 2.14. The zero-order valence-electron chi connectivity index (χ0n) is 9.52. The van der Waals surface area contributed by atoms with Crippen LogP contribution in [0.2, 0.25) is 0 Å². The number of hydrogen-bond acceptors (Lipinski definition) is 2. The molecule has 0 spiro atoms. The molecule has 16 heavy (non-hydrogen) atoms. The molecule has 1 fully saturated rings. The molecule has 2 N–H and O–H groups in total.